The third kappa shape index (κ3) is 4.90. The first-order valence-electron chi connectivity index (χ1n) is 10.6. The van der Waals surface area contributed by atoms with Crippen LogP contribution in [0.3, 0.4) is 0 Å². The van der Waals surface area contributed by atoms with Gasteiger partial charge < -0.3 is 4.90 Å². The lowest BCUT2D eigenvalue weighted by atomic mass is 9.96. The quantitative estimate of drug-likeness (QED) is 0.403. The molecule has 0 unspecified atom stereocenters. The van der Waals surface area contributed by atoms with Crippen LogP contribution in [0.2, 0.25) is 0 Å². The second-order valence-corrected chi connectivity index (χ2v) is 9.22. The third-order valence-corrected chi connectivity index (χ3v) is 6.70. The lowest BCUT2D eigenvalue weighted by Gasteiger charge is -2.42. The molecule has 1 saturated heterocycles. The van der Waals surface area contributed by atoms with E-state index in [1.54, 1.807) is 0 Å². The average Bonchev–Trinajstić information content (AvgIpc) is 3.46. The molecular weight excluding hydrogens is 304 g/mol. The molecule has 0 atom stereocenters. The van der Waals surface area contributed by atoms with Gasteiger partial charge in [-0.25, -0.2) is 0 Å². The van der Waals surface area contributed by atoms with Crippen LogP contribution in [0.15, 0.2) is 24.9 Å². The first-order chi connectivity index (χ1) is 11.8. The van der Waals surface area contributed by atoms with Crippen LogP contribution < -0.4 is 0 Å². The van der Waals surface area contributed by atoms with Crippen molar-refractivity contribution in [3.63, 3.8) is 0 Å². The van der Waals surface area contributed by atoms with Crippen molar-refractivity contribution in [3.8, 4) is 0 Å². The summed E-state index contributed by atoms with van der Waals surface area (Å²) in [5.74, 6) is 0. The van der Waals surface area contributed by atoms with Gasteiger partial charge in [0, 0.05) is 28.9 Å². The van der Waals surface area contributed by atoms with E-state index in [-0.39, 0.29) is 0 Å². The molecule has 2 saturated carbocycles. The summed E-state index contributed by atoms with van der Waals surface area (Å²) in [6, 6.07) is 1.34. The average molecular weight is 347 g/mol. The molecule has 1 aliphatic heterocycles. The highest BCUT2D eigenvalue weighted by Crippen LogP contribution is 2.51. The maximum absolute atomic E-state index is 4.18. The minimum absolute atomic E-state index is 0.567. The Morgan fingerprint density at radius 1 is 1.12 bits per heavy atom. The third-order valence-electron chi connectivity index (χ3n) is 6.70. The van der Waals surface area contributed by atoms with Crippen LogP contribution in [-0.2, 0) is 0 Å². The largest absolute Gasteiger partial charge is 0.367 e. The van der Waals surface area contributed by atoms with Crippen LogP contribution in [0.4, 0.5) is 0 Å². The Bertz CT molecular complexity index is 455. The summed E-state index contributed by atoms with van der Waals surface area (Å²) in [7, 11) is 2.27. The van der Waals surface area contributed by atoms with Crippen molar-refractivity contribution >= 4 is 0 Å². The molecule has 2 aliphatic carbocycles. The van der Waals surface area contributed by atoms with Crippen molar-refractivity contribution < 1.29 is 0 Å². The molecule has 3 rings (SSSR count). The highest BCUT2D eigenvalue weighted by Gasteiger charge is 2.50. The Labute approximate surface area is 157 Å². The molecule has 0 radical (unpaired) electrons. The second-order valence-electron chi connectivity index (χ2n) is 9.22. The van der Waals surface area contributed by atoms with E-state index in [4.69, 9.17) is 0 Å². The maximum atomic E-state index is 4.18. The molecule has 144 valence electrons. The highest BCUT2D eigenvalue weighted by molar-refractivity contribution is 5.16. The molecular formula is C23H42N2. The molecule has 2 nitrogen and oxygen atoms in total. The van der Waals surface area contributed by atoms with Gasteiger partial charge in [-0.1, -0.05) is 12.7 Å². The normalized spacial score (nSPS) is 23.0. The zero-order chi connectivity index (χ0) is 18.7. The lowest BCUT2D eigenvalue weighted by molar-refractivity contribution is 0.142. The minimum Gasteiger partial charge on any atom is -0.367 e. The smallest absolute Gasteiger partial charge is 0.0403 e. The molecule has 0 aromatic rings. The fourth-order valence-corrected chi connectivity index (χ4v) is 4.79. The summed E-state index contributed by atoms with van der Waals surface area (Å²) in [6.07, 6.45) is 15.5. The topological polar surface area (TPSA) is 6.48 Å². The predicted octanol–water partition coefficient (Wildman–Crippen LogP) is 6.14. The van der Waals surface area contributed by atoms with Crippen LogP contribution in [0.25, 0.3) is 0 Å². The zero-order valence-corrected chi connectivity index (χ0v) is 17.6. The van der Waals surface area contributed by atoms with Gasteiger partial charge in [-0.2, -0.15) is 0 Å². The Hall–Kier alpha value is -0.760. The minimum atomic E-state index is 0.567. The van der Waals surface area contributed by atoms with Crippen LogP contribution >= 0.6 is 0 Å². The summed E-state index contributed by atoms with van der Waals surface area (Å²) in [5, 5.41) is 0. The molecule has 0 aromatic carbocycles. The fraction of sp³-hybridized carbons (Fsp3) is 0.826. The van der Waals surface area contributed by atoms with E-state index in [2.05, 4.69) is 57.7 Å². The molecule has 1 spiro atoms. The van der Waals surface area contributed by atoms with Crippen molar-refractivity contribution in [2.45, 2.75) is 115 Å². The molecule has 2 heteroatoms. The van der Waals surface area contributed by atoms with Crippen molar-refractivity contribution in [1.29, 1.82) is 0 Å². The van der Waals surface area contributed by atoms with E-state index < -0.39 is 0 Å². The molecule has 25 heavy (non-hydrogen) atoms. The second kappa shape index (κ2) is 8.29. The number of hydrogen-bond acceptors (Lipinski definition) is 2. The van der Waals surface area contributed by atoms with E-state index in [0.29, 0.717) is 23.2 Å². The number of likely N-dealkylation sites (tertiary alicyclic amines) is 1. The van der Waals surface area contributed by atoms with Gasteiger partial charge in [0.2, 0.25) is 0 Å². The van der Waals surface area contributed by atoms with Crippen molar-refractivity contribution in [2.75, 3.05) is 7.05 Å². The van der Waals surface area contributed by atoms with Gasteiger partial charge in [-0.05, 0) is 99.0 Å². The van der Waals surface area contributed by atoms with Gasteiger partial charge in [-0.3, -0.25) is 4.90 Å². The van der Waals surface area contributed by atoms with Gasteiger partial charge in [0.05, 0.1) is 0 Å². The van der Waals surface area contributed by atoms with E-state index in [1.165, 1.54) is 69.9 Å². The van der Waals surface area contributed by atoms with Crippen LogP contribution in [0.1, 0.15) is 91.9 Å². The number of unbranched alkanes of at least 4 members (excludes halogenated alkanes) is 1. The highest BCUT2D eigenvalue weighted by atomic mass is 15.3. The van der Waals surface area contributed by atoms with Crippen molar-refractivity contribution in [3.05, 3.63) is 24.9 Å². The monoisotopic (exact) mass is 346 g/mol. The van der Waals surface area contributed by atoms with Gasteiger partial charge in [0.1, 0.15) is 0 Å². The number of hydrogen-bond donors (Lipinski definition) is 0. The Kier molecular flexibility index (Phi) is 6.81. The molecule has 0 N–H and O–H groups in total. The Morgan fingerprint density at radius 2 is 1.76 bits per heavy atom. The van der Waals surface area contributed by atoms with Crippen molar-refractivity contribution in [2.24, 2.45) is 0 Å². The number of allylic oxidation sites excluding steroid dienone is 2. The standard InChI is InChI=1S/C12H23N.C11H19N/c1-5-6-7-8-12(9-10-12)13(4)11(2)3;1-9(2)12-10(3)5-4-6-11(12)7-8-11/h5,11H,1,6-10H2,2-4H3;9H,3-8H2,1-2H3. The summed E-state index contributed by atoms with van der Waals surface area (Å²) in [6.45, 7) is 17.1. The van der Waals surface area contributed by atoms with Gasteiger partial charge in [0.25, 0.3) is 0 Å². The molecule has 3 fully saturated rings. The fourth-order valence-electron chi connectivity index (χ4n) is 4.79. The van der Waals surface area contributed by atoms with Crippen LogP contribution in [-0.4, -0.2) is 40.0 Å². The number of nitrogens with zero attached hydrogens (tertiary/aromatic N) is 2. The van der Waals surface area contributed by atoms with Gasteiger partial charge in [0.15, 0.2) is 0 Å². The zero-order valence-electron chi connectivity index (χ0n) is 17.6. The van der Waals surface area contributed by atoms with E-state index >= 15 is 0 Å². The molecule has 1 heterocycles. The van der Waals surface area contributed by atoms with Crippen LogP contribution in [0.5, 0.6) is 0 Å². The maximum Gasteiger partial charge on any atom is 0.0403 e. The molecule has 3 aliphatic rings. The Balaban J connectivity index is 0.000000181. The van der Waals surface area contributed by atoms with Gasteiger partial charge in [-0.15, -0.1) is 6.58 Å². The Morgan fingerprint density at radius 3 is 2.16 bits per heavy atom. The molecule has 0 amide bonds. The molecule has 0 aromatic heterocycles. The summed E-state index contributed by atoms with van der Waals surface area (Å²) >= 11 is 0. The summed E-state index contributed by atoms with van der Waals surface area (Å²) in [5.41, 5.74) is 2.52. The van der Waals surface area contributed by atoms with Crippen molar-refractivity contribution in [1.82, 2.24) is 9.80 Å². The first kappa shape index (κ1) is 20.6. The number of piperidine rings is 1. The summed E-state index contributed by atoms with van der Waals surface area (Å²) in [4.78, 5) is 5.13. The van der Waals surface area contributed by atoms with Gasteiger partial charge >= 0.3 is 0 Å². The van der Waals surface area contributed by atoms with E-state index in [1.807, 2.05) is 6.08 Å². The van der Waals surface area contributed by atoms with Crippen LogP contribution in [0, 0.1) is 0 Å². The predicted molar refractivity (Wildman–Crippen MR) is 111 cm³/mol. The van der Waals surface area contributed by atoms with E-state index in [0.717, 1.165) is 0 Å². The summed E-state index contributed by atoms with van der Waals surface area (Å²) < 4.78 is 0. The first-order valence-corrected chi connectivity index (χ1v) is 10.6. The SMILES string of the molecule is C=C1CCCC2(CC2)N1C(C)C.C=CCCCC1(N(C)C(C)C)CC1. The number of rotatable bonds is 7. The molecule has 0 bridgehead atoms. The lowest BCUT2D eigenvalue weighted by Crippen LogP contribution is -2.43. The van der Waals surface area contributed by atoms with E-state index in [9.17, 15) is 0 Å².